The lowest BCUT2D eigenvalue weighted by Crippen LogP contribution is -2.32. The van der Waals surface area contributed by atoms with Gasteiger partial charge in [0.1, 0.15) is 17.3 Å². The number of carbonyl (C=O) groups is 1. The number of ether oxygens (including phenoxy) is 1. The zero-order chi connectivity index (χ0) is 19.5. The summed E-state index contributed by atoms with van der Waals surface area (Å²) in [5.41, 5.74) is 4.14. The second kappa shape index (κ2) is 7.53. The number of carbonyl (C=O) groups excluding carboxylic acids is 1. The summed E-state index contributed by atoms with van der Waals surface area (Å²) in [4.78, 5) is 19.6. The normalized spacial score (nSPS) is 15.1. The van der Waals surface area contributed by atoms with Crippen LogP contribution in [0.2, 0.25) is 0 Å². The van der Waals surface area contributed by atoms with Crippen LogP contribution in [-0.2, 0) is 4.79 Å². The molecule has 0 aromatic heterocycles. The van der Waals surface area contributed by atoms with E-state index < -0.39 is 0 Å². The Morgan fingerprint density at radius 2 is 1.57 bits per heavy atom. The van der Waals surface area contributed by atoms with Crippen molar-refractivity contribution in [1.29, 1.82) is 0 Å². The van der Waals surface area contributed by atoms with E-state index in [0.717, 1.165) is 28.1 Å². The molecule has 4 nitrogen and oxygen atoms in total. The molecule has 0 unspecified atom stereocenters. The van der Waals surface area contributed by atoms with Crippen LogP contribution in [0, 0.1) is 6.92 Å². The van der Waals surface area contributed by atoms with Crippen LogP contribution in [0.3, 0.4) is 0 Å². The number of anilines is 1. The summed E-state index contributed by atoms with van der Waals surface area (Å²) >= 11 is 0. The highest BCUT2D eigenvalue weighted by molar-refractivity contribution is 6.33. The Bertz CT molecular complexity index is 1050. The fourth-order valence-electron chi connectivity index (χ4n) is 3.09. The molecular formula is C24H20N2O2. The van der Waals surface area contributed by atoms with E-state index in [9.17, 15) is 4.79 Å². The van der Waals surface area contributed by atoms with Gasteiger partial charge in [-0.3, -0.25) is 9.69 Å². The second-order valence-electron chi connectivity index (χ2n) is 6.58. The molecular weight excluding hydrogens is 348 g/mol. The van der Waals surface area contributed by atoms with Gasteiger partial charge in [0.25, 0.3) is 5.91 Å². The van der Waals surface area contributed by atoms with E-state index in [1.165, 1.54) is 0 Å². The molecule has 1 aliphatic rings. The molecule has 0 saturated heterocycles. The summed E-state index contributed by atoms with van der Waals surface area (Å²) in [5.74, 6) is 1.27. The molecule has 4 rings (SSSR count). The average molecular weight is 368 g/mol. The molecule has 138 valence electrons. The van der Waals surface area contributed by atoms with Crippen molar-refractivity contribution in [3.63, 3.8) is 0 Å². The first-order chi connectivity index (χ1) is 13.7. The third kappa shape index (κ3) is 3.45. The maximum absolute atomic E-state index is 13.2. The van der Waals surface area contributed by atoms with Crippen molar-refractivity contribution in [2.24, 2.45) is 4.99 Å². The van der Waals surface area contributed by atoms with Gasteiger partial charge in [-0.1, -0.05) is 60.2 Å². The minimum absolute atomic E-state index is 0.140. The van der Waals surface area contributed by atoms with Gasteiger partial charge in [0.2, 0.25) is 0 Å². The van der Waals surface area contributed by atoms with Gasteiger partial charge < -0.3 is 4.74 Å². The molecule has 0 atom stereocenters. The quantitative estimate of drug-likeness (QED) is 0.619. The van der Waals surface area contributed by atoms with E-state index in [1.807, 2.05) is 85.8 Å². The van der Waals surface area contributed by atoms with Crippen LogP contribution in [-0.4, -0.2) is 18.9 Å². The monoisotopic (exact) mass is 368 g/mol. The third-order valence-electron chi connectivity index (χ3n) is 4.60. The first-order valence-corrected chi connectivity index (χ1v) is 9.07. The highest BCUT2D eigenvalue weighted by atomic mass is 16.5. The highest BCUT2D eigenvalue weighted by Gasteiger charge is 2.32. The van der Waals surface area contributed by atoms with Crippen molar-refractivity contribution in [1.82, 2.24) is 0 Å². The Labute approximate surface area is 164 Å². The maximum Gasteiger partial charge on any atom is 0.282 e. The summed E-state index contributed by atoms with van der Waals surface area (Å²) in [5, 5.41) is 0. The van der Waals surface area contributed by atoms with Crippen LogP contribution in [0.4, 0.5) is 5.69 Å². The lowest BCUT2D eigenvalue weighted by atomic mass is 10.1. The standard InChI is InChI=1S/C24H20N2O2/c1-17-8-12-20(13-9-17)26-23(19-6-4-3-5-7-19)25-22(24(26)27)16-18-10-14-21(28-2)15-11-18/h3-16H,1-2H3/b22-16-. The minimum atomic E-state index is -0.140. The van der Waals surface area contributed by atoms with E-state index in [-0.39, 0.29) is 5.91 Å². The molecule has 3 aromatic rings. The van der Waals surface area contributed by atoms with Crippen molar-refractivity contribution in [2.75, 3.05) is 12.0 Å². The first kappa shape index (κ1) is 17.7. The molecule has 0 bridgehead atoms. The van der Waals surface area contributed by atoms with Crippen molar-refractivity contribution in [3.05, 3.63) is 101 Å². The SMILES string of the molecule is COc1ccc(/C=C2\N=C(c3ccccc3)N(c3ccc(C)cc3)C2=O)cc1. The average Bonchev–Trinajstić information content (AvgIpc) is 3.06. The number of methoxy groups -OCH3 is 1. The van der Waals surface area contributed by atoms with E-state index in [1.54, 1.807) is 18.1 Å². The molecule has 1 amide bonds. The van der Waals surface area contributed by atoms with Gasteiger partial charge in [-0.15, -0.1) is 0 Å². The van der Waals surface area contributed by atoms with Gasteiger partial charge in [0.15, 0.2) is 0 Å². The second-order valence-corrected chi connectivity index (χ2v) is 6.58. The molecule has 3 aromatic carbocycles. The van der Waals surface area contributed by atoms with Crippen molar-refractivity contribution in [3.8, 4) is 5.75 Å². The molecule has 1 aliphatic heterocycles. The van der Waals surface area contributed by atoms with Gasteiger partial charge in [-0.05, 0) is 42.8 Å². The predicted molar refractivity (Wildman–Crippen MR) is 113 cm³/mol. The molecule has 1 heterocycles. The molecule has 0 aliphatic carbocycles. The number of aliphatic imine (C=N–C) groups is 1. The van der Waals surface area contributed by atoms with E-state index in [2.05, 4.69) is 4.99 Å². The third-order valence-corrected chi connectivity index (χ3v) is 4.60. The topological polar surface area (TPSA) is 41.9 Å². The summed E-state index contributed by atoms with van der Waals surface area (Å²) in [7, 11) is 1.63. The number of amides is 1. The molecule has 0 saturated carbocycles. The molecule has 0 spiro atoms. The fourth-order valence-corrected chi connectivity index (χ4v) is 3.09. The number of aryl methyl sites for hydroxylation is 1. The van der Waals surface area contributed by atoms with Gasteiger partial charge in [-0.25, -0.2) is 4.99 Å². The van der Waals surface area contributed by atoms with E-state index in [0.29, 0.717) is 11.5 Å². The summed E-state index contributed by atoms with van der Waals surface area (Å²) in [6, 6.07) is 25.2. The Morgan fingerprint density at radius 3 is 2.21 bits per heavy atom. The van der Waals surface area contributed by atoms with Crippen molar-refractivity contribution < 1.29 is 9.53 Å². The molecule has 0 radical (unpaired) electrons. The largest absolute Gasteiger partial charge is 0.497 e. The molecule has 28 heavy (non-hydrogen) atoms. The number of hydrogen-bond acceptors (Lipinski definition) is 3. The molecule has 0 N–H and O–H groups in total. The summed E-state index contributed by atoms with van der Waals surface area (Å²) in [6.07, 6.45) is 1.80. The van der Waals surface area contributed by atoms with Crippen LogP contribution in [0.5, 0.6) is 5.75 Å². The summed E-state index contributed by atoms with van der Waals surface area (Å²) in [6.45, 7) is 2.02. The van der Waals surface area contributed by atoms with Crippen molar-refractivity contribution >= 4 is 23.5 Å². The number of rotatable bonds is 4. The zero-order valence-corrected chi connectivity index (χ0v) is 15.8. The maximum atomic E-state index is 13.2. The lowest BCUT2D eigenvalue weighted by Gasteiger charge is -2.18. The highest BCUT2D eigenvalue weighted by Crippen LogP contribution is 2.28. The van der Waals surface area contributed by atoms with E-state index >= 15 is 0 Å². The lowest BCUT2D eigenvalue weighted by molar-refractivity contribution is -0.113. The van der Waals surface area contributed by atoms with Gasteiger partial charge in [-0.2, -0.15) is 0 Å². The molecule has 0 fully saturated rings. The van der Waals surface area contributed by atoms with Crippen LogP contribution in [0.15, 0.2) is 89.6 Å². The number of benzene rings is 3. The number of amidine groups is 1. The Hall–Kier alpha value is -3.66. The van der Waals surface area contributed by atoms with Crippen LogP contribution in [0.1, 0.15) is 16.7 Å². The Balaban J connectivity index is 1.78. The van der Waals surface area contributed by atoms with Crippen LogP contribution in [0.25, 0.3) is 6.08 Å². The zero-order valence-electron chi connectivity index (χ0n) is 15.8. The van der Waals surface area contributed by atoms with Gasteiger partial charge >= 0.3 is 0 Å². The Kier molecular flexibility index (Phi) is 4.77. The predicted octanol–water partition coefficient (Wildman–Crippen LogP) is 4.84. The van der Waals surface area contributed by atoms with Crippen LogP contribution >= 0.6 is 0 Å². The van der Waals surface area contributed by atoms with E-state index in [4.69, 9.17) is 4.74 Å². The molecule has 4 heteroatoms. The Morgan fingerprint density at radius 1 is 0.893 bits per heavy atom. The minimum Gasteiger partial charge on any atom is -0.497 e. The number of hydrogen-bond donors (Lipinski definition) is 0. The smallest absolute Gasteiger partial charge is 0.282 e. The first-order valence-electron chi connectivity index (χ1n) is 9.07. The number of nitrogens with zero attached hydrogens (tertiary/aromatic N) is 2. The summed E-state index contributed by atoms with van der Waals surface area (Å²) < 4.78 is 5.20. The van der Waals surface area contributed by atoms with Gasteiger partial charge in [0.05, 0.1) is 12.8 Å². The van der Waals surface area contributed by atoms with Crippen LogP contribution < -0.4 is 9.64 Å². The van der Waals surface area contributed by atoms with Crippen molar-refractivity contribution in [2.45, 2.75) is 6.92 Å². The fraction of sp³-hybridized carbons (Fsp3) is 0.0833. The van der Waals surface area contributed by atoms with Gasteiger partial charge in [0, 0.05) is 5.56 Å².